The van der Waals surface area contributed by atoms with Crippen molar-refractivity contribution < 1.29 is 28.7 Å². The van der Waals surface area contributed by atoms with E-state index in [4.69, 9.17) is 10.2 Å². The van der Waals surface area contributed by atoms with Gasteiger partial charge in [-0.25, -0.2) is 8.42 Å². The molecule has 0 aliphatic heterocycles. The minimum atomic E-state index is -4.12. The topological polar surface area (TPSA) is 144 Å². The predicted octanol–water partition coefficient (Wildman–Crippen LogP) is 0.438. The third-order valence-corrected chi connectivity index (χ3v) is 6.17. The van der Waals surface area contributed by atoms with Gasteiger partial charge < -0.3 is 15.3 Å². The van der Waals surface area contributed by atoms with Crippen LogP contribution in [0.25, 0.3) is 0 Å². The first-order valence-electron chi connectivity index (χ1n) is 9.24. The van der Waals surface area contributed by atoms with Gasteiger partial charge in [0.1, 0.15) is 0 Å². The number of sulfonamides is 1. The molecule has 11 heteroatoms. The van der Waals surface area contributed by atoms with E-state index < -0.39 is 21.1 Å². The standard InChI is InChI=1S/C19H25N3O7S/c23-12-10-20(11-13-24)14-18(25)15-21(16-4-2-1-3-5-16)30(28,29)19-8-6-17(7-9-19)22(26)27/h1-9,18,23-25H,10-15H2/t18-/m0/s1. The number of aliphatic hydroxyl groups excluding tert-OH is 3. The number of para-hydroxylation sites is 1. The molecule has 3 N–H and O–H groups in total. The number of benzene rings is 2. The molecule has 0 saturated carbocycles. The molecule has 164 valence electrons. The normalized spacial score (nSPS) is 12.7. The molecule has 0 fully saturated rings. The van der Waals surface area contributed by atoms with Crippen LogP contribution in [0.4, 0.5) is 11.4 Å². The van der Waals surface area contributed by atoms with E-state index in [-0.39, 0.29) is 50.0 Å². The first-order valence-corrected chi connectivity index (χ1v) is 10.7. The van der Waals surface area contributed by atoms with Crippen LogP contribution in [0, 0.1) is 10.1 Å². The zero-order valence-corrected chi connectivity index (χ0v) is 17.1. The molecule has 0 saturated heterocycles. The molecule has 0 aromatic heterocycles. The lowest BCUT2D eigenvalue weighted by Gasteiger charge is -2.29. The number of hydrogen-bond acceptors (Lipinski definition) is 8. The van der Waals surface area contributed by atoms with Crippen LogP contribution in [0.2, 0.25) is 0 Å². The highest BCUT2D eigenvalue weighted by atomic mass is 32.2. The minimum absolute atomic E-state index is 0.0419. The number of nitrogens with zero attached hydrogens (tertiary/aromatic N) is 3. The minimum Gasteiger partial charge on any atom is -0.395 e. The molecule has 2 aromatic rings. The molecule has 30 heavy (non-hydrogen) atoms. The Morgan fingerprint density at radius 3 is 2.00 bits per heavy atom. The fourth-order valence-electron chi connectivity index (χ4n) is 2.93. The van der Waals surface area contributed by atoms with Crippen molar-refractivity contribution in [2.75, 3.05) is 43.7 Å². The summed E-state index contributed by atoms with van der Waals surface area (Å²) in [4.78, 5) is 11.7. The Bertz CT molecular complexity index is 901. The summed E-state index contributed by atoms with van der Waals surface area (Å²) in [6.07, 6.45) is -1.11. The molecule has 0 spiro atoms. The van der Waals surface area contributed by atoms with Crippen LogP contribution in [0.3, 0.4) is 0 Å². The Kier molecular flexibility index (Phi) is 8.69. The Balaban J connectivity index is 2.32. The van der Waals surface area contributed by atoms with Crippen molar-refractivity contribution in [3.8, 4) is 0 Å². The third kappa shape index (κ3) is 6.21. The molecule has 0 aliphatic carbocycles. The summed E-state index contributed by atoms with van der Waals surface area (Å²) in [5.74, 6) is 0. The molecular weight excluding hydrogens is 414 g/mol. The van der Waals surface area contributed by atoms with Crippen LogP contribution in [0.5, 0.6) is 0 Å². The highest BCUT2D eigenvalue weighted by molar-refractivity contribution is 7.92. The molecule has 0 heterocycles. The Hall–Kier alpha value is -2.57. The SMILES string of the molecule is O=[N+]([O-])c1ccc(S(=O)(=O)N(C[C@@H](O)CN(CCO)CCO)c2ccccc2)cc1. The van der Waals surface area contributed by atoms with Gasteiger partial charge in [-0.2, -0.15) is 0 Å². The number of hydrogen-bond donors (Lipinski definition) is 3. The number of anilines is 1. The summed E-state index contributed by atoms with van der Waals surface area (Å²) in [6, 6.07) is 12.7. The largest absolute Gasteiger partial charge is 0.395 e. The van der Waals surface area contributed by atoms with Crippen LogP contribution in [0.1, 0.15) is 0 Å². The van der Waals surface area contributed by atoms with E-state index in [0.29, 0.717) is 5.69 Å². The highest BCUT2D eigenvalue weighted by Crippen LogP contribution is 2.25. The summed E-state index contributed by atoms with van der Waals surface area (Å²) >= 11 is 0. The second-order valence-corrected chi connectivity index (χ2v) is 8.39. The third-order valence-electron chi connectivity index (χ3n) is 4.36. The van der Waals surface area contributed by atoms with E-state index in [9.17, 15) is 23.6 Å². The van der Waals surface area contributed by atoms with Crippen molar-refractivity contribution >= 4 is 21.4 Å². The smallest absolute Gasteiger partial charge is 0.269 e. The van der Waals surface area contributed by atoms with Gasteiger partial charge in [0, 0.05) is 31.8 Å². The quantitative estimate of drug-likeness (QED) is 0.319. The number of non-ortho nitro benzene ring substituents is 1. The summed E-state index contributed by atoms with van der Waals surface area (Å²) in [6.45, 7) is -0.139. The lowest BCUT2D eigenvalue weighted by molar-refractivity contribution is -0.384. The second kappa shape index (κ2) is 11.0. The molecule has 0 bridgehead atoms. The van der Waals surface area contributed by atoms with Crippen molar-refractivity contribution in [2.24, 2.45) is 0 Å². The molecule has 2 rings (SSSR count). The van der Waals surface area contributed by atoms with Gasteiger partial charge in [-0.05, 0) is 24.3 Å². The Labute approximate surface area is 174 Å². The number of nitro benzene ring substituents is 1. The summed E-state index contributed by atoms with van der Waals surface area (Å²) in [5, 5.41) is 39.6. The van der Waals surface area contributed by atoms with Gasteiger partial charge in [0.2, 0.25) is 0 Å². The fourth-order valence-corrected chi connectivity index (χ4v) is 4.43. The molecule has 0 amide bonds. The van der Waals surface area contributed by atoms with E-state index in [1.54, 1.807) is 35.2 Å². The van der Waals surface area contributed by atoms with E-state index in [2.05, 4.69) is 0 Å². The van der Waals surface area contributed by atoms with Crippen LogP contribution in [-0.4, -0.2) is 79.1 Å². The monoisotopic (exact) mass is 439 g/mol. The number of nitro groups is 1. The maximum Gasteiger partial charge on any atom is 0.269 e. The Morgan fingerprint density at radius 2 is 1.50 bits per heavy atom. The molecular formula is C19H25N3O7S. The first-order chi connectivity index (χ1) is 14.3. The molecule has 0 aliphatic rings. The van der Waals surface area contributed by atoms with Gasteiger partial charge in [-0.3, -0.25) is 19.3 Å². The average Bonchev–Trinajstić information content (AvgIpc) is 2.73. The predicted molar refractivity (Wildman–Crippen MR) is 111 cm³/mol. The summed E-state index contributed by atoms with van der Waals surface area (Å²) in [7, 11) is -4.12. The van der Waals surface area contributed by atoms with E-state index in [1.165, 1.54) is 0 Å². The van der Waals surface area contributed by atoms with E-state index >= 15 is 0 Å². The lowest BCUT2D eigenvalue weighted by atomic mass is 10.2. The van der Waals surface area contributed by atoms with E-state index in [1.807, 2.05) is 0 Å². The maximum absolute atomic E-state index is 13.2. The summed E-state index contributed by atoms with van der Waals surface area (Å²) in [5.41, 5.74) is 0.0923. The van der Waals surface area contributed by atoms with Crippen LogP contribution in [0.15, 0.2) is 59.5 Å². The number of rotatable bonds is 12. The van der Waals surface area contributed by atoms with Crippen LogP contribution in [-0.2, 0) is 10.0 Å². The zero-order valence-electron chi connectivity index (χ0n) is 16.2. The van der Waals surface area contributed by atoms with Crippen molar-refractivity contribution in [3.63, 3.8) is 0 Å². The van der Waals surface area contributed by atoms with Gasteiger partial charge in [-0.1, -0.05) is 18.2 Å². The van der Waals surface area contributed by atoms with Crippen molar-refractivity contribution in [2.45, 2.75) is 11.0 Å². The maximum atomic E-state index is 13.2. The fraction of sp³-hybridized carbons (Fsp3) is 0.368. The summed E-state index contributed by atoms with van der Waals surface area (Å²) < 4.78 is 27.5. The Morgan fingerprint density at radius 1 is 0.933 bits per heavy atom. The van der Waals surface area contributed by atoms with Crippen molar-refractivity contribution in [1.82, 2.24) is 4.90 Å². The molecule has 1 atom stereocenters. The lowest BCUT2D eigenvalue weighted by Crippen LogP contribution is -2.44. The van der Waals surface area contributed by atoms with Crippen molar-refractivity contribution in [3.05, 3.63) is 64.7 Å². The van der Waals surface area contributed by atoms with Gasteiger partial charge in [0.25, 0.3) is 15.7 Å². The van der Waals surface area contributed by atoms with Crippen LogP contribution < -0.4 is 4.31 Å². The van der Waals surface area contributed by atoms with Gasteiger partial charge in [0.15, 0.2) is 0 Å². The van der Waals surface area contributed by atoms with E-state index in [0.717, 1.165) is 28.6 Å². The van der Waals surface area contributed by atoms with Gasteiger partial charge in [0.05, 0.1) is 41.4 Å². The second-order valence-electron chi connectivity index (χ2n) is 6.52. The number of aliphatic hydroxyl groups is 3. The first kappa shape index (κ1) is 23.7. The molecule has 0 unspecified atom stereocenters. The average molecular weight is 439 g/mol. The van der Waals surface area contributed by atoms with Gasteiger partial charge in [-0.15, -0.1) is 0 Å². The van der Waals surface area contributed by atoms with Gasteiger partial charge >= 0.3 is 0 Å². The highest BCUT2D eigenvalue weighted by Gasteiger charge is 2.28. The van der Waals surface area contributed by atoms with Crippen LogP contribution >= 0.6 is 0 Å². The zero-order chi connectivity index (χ0) is 22.1. The molecule has 0 radical (unpaired) electrons. The molecule has 2 aromatic carbocycles. The molecule has 10 nitrogen and oxygen atoms in total. The van der Waals surface area contributed by atoms with Crippen molar-refractivity contribution in [1.29, 1.82) is 0 Å².